The molecule has 0 fully saturated rings. The number of alkyl halides is 5. The van der Waals surface area contributed by atoms with Crippen LogP contribution in [0.25, 0.3) is 17.6 Å². The highest BCUT2D eigenvalue weighted by Gasteiger charge is 2.59. The second kappa shape index (κ2) is 7.60. The molecule has 0 aliphatic rings. The lowest BCUT2D eigenvalue weighted by Crippen LogP contribution is -2.36. The van der Waals surface area contributed by atoms with E-state index in [1.165, 1.54) is 26.1 Å². The van der Waals surface area contributed by atoms with Crippen molar-refractivity contribution < 1.29 is 30.4 Å². The van der Waals surface area contributed by atoms with E-state index in [1.54, 1.807) is 0 Å². The molecule has 28 heavy (non-hydrogen) atoms. The van der Waals surface area contributed by atoms with Crippen LogP contribution in [0, 0.1) is 0 Å². The van der Waals surface area contributed by atoms with Gasteiger partial charge in [0.15, 0.2) is 15.7 Å². The van der Waals surface area contributed by atoms with Crippen molar-refractivity contribution in [2.45, 2.75) is 23.9 Å². The third-order valence-corrected chi connectivity index (χ3v) is 6.02. The molecule has 0 aliphatic carbocycles. The summed E-state index contributed by atoms with van der Waals surface area (Å²) in [6.45, 7) is 1.40. The standard InChI is InChI=1S/C15H12Cl2F5N3O2S/c1-3-28(26,27)9-4-5-11(17)24-12(9)13-23-7-8(25(13)2)6-10(16)14(18,19)15(20,21)22/h4-7H,3H2,1-2H3/b10-6-. The van der Waals surface area contributed by atoms with Crippen LogP contribution in [-0.2, 0) is 16.9 Å². The van der Waals surface area contributed by atoms with Crippen LogP contribution >= 0.6 is 23.2 Å². The summed E-state index contributed by atoms with van der Waals surface area (Å²) in [6, 6.07) is 2.45. The first-order chi connectivity index (χ1) is 12.7. The quantitative estimate of drug-likeness (QED) is 0.475. The summed E-state index contributed by atoms with van der Waals surface area (Å²) < 4.78 is 89.6. The molecule has 154 valence electrons. The van der Waals surface area contributed by atoms with Gasteiger partial charge in [-0.2, -0.15) is 22.0 Å². The topological polar surface area (TPSA) is 64.8 Å². The number of halogens is 7. The summed E-state index contributed by atoms with van der Waals surface area (Å²) in [6.07, 6.45) is -4.53. The van der Waals surface area contributed by atoms with Crippen LogP contribution in [0.3, 0.4) is 0 Å². The fourth-order valence-corrected chi connectivity index (χ4v) is 3.51. The maximum atomic E-state index is 13.3. The maximum Gasteiger partial charge on any atom is 0.459 e. The molecule has 0 aromatic carbocycles. The summed E-state index contributed by atoms with van der Waals surface area (Å²) in [7, 11) is -2.48. The molecule has 0 atom stereocenters. The number of hydrogen-bond acceptors (Lipinski definition) is 4. The van der Waals surface area contributed by atoms with E-state index in [0.717, 1.165) is 10.8 Å². The Labute approximate surface area is 166 Å². The molecular weight excluding hydrogens is 452 g/mol. The predicted octanol–water partition coefficient (Wildman–Crippen LogP) is 4.71. The van der Waals surface area contributed by atoms with Gasteiger partial charge in [0, 0.05) is 7.05 Å². The number of aromatic nitrogens is 3. The molecule has 0 aliphatic heterocycles. The van der Waals surface area contributed by atoms with Crippen LogP contribution < -0.4 is 0 Å². The molecule has 13 heteroatoms. The number of sulfone groups is 1. The number of hydrogen-bond donors (Lipinski definition) is 0. The highest BCUT2D eigenvalue weighted by Crippen LogP contribution is 2.43. The Morgan fingerprint density at radius 1 is 1.25 bits per heavy atom. The van der Waals surface area contributed by atoms with E-state index in [-0.39, 0.29) is 33.0 Å². The van der Waals surface area contributed by atoms with Crippen LogP contribution in [0.2, 0.25) is 5.15 Å². The zero-order valence-corrected chi connectivity index (χ0v) is 16.6. The second-order valence-corrected chi connectivity index (χ2v) is 8.56. The summed E-state index contributed by atoms with van der Waals surface area (Å²) in [4.78, 5) is 7.59. The molecule has 0 unspecified atom stereocenters. The summed E-state index contributed by atoms with van der Waals surface area (Å²) in [5.74, 6) is -5.63. The van der Waals surface area contributed by atoms with Crippen LogP contribution in [-0.4, -0.2) is 40.8 Å². The van der Waals surface area contributed by atoms with E-state index in [2.05, 4.69) is 9.97 Å². The Hall–Kier alpha value is -1.72. The zero-order chi connectivity index (χ0) is 21.5. The number of imidazole rings is 1. The zero-order valence-electron chi connectivity index (χ0n) is 14.2. The van der Waals surface area contributed by atoms with Gasteiger partial charge in [-0.1, -0.05) is 30.1 Å². The van der Waals surface area contributed by atoms with Gasteiger partial charge in [0.1, 0.15) is 10.8 Å². The molecule has 2 heterocycles. The molecule has 0 saturated heterocycles. The number of pyridine rings is 1. The van der Waals surface area contributed by atoms with Gasteiger partial charge in [0.2, 0.25) is 0 Å². The van der Waals surface area contributed by atoms with Crippen LogP contribution in [0.5, 0.6) is 0 Å². The fraction of sp³-hybridized carbons (Fsp3) is 0.333. The SMILES string of the molecule is CCS(=O)(=O)c1ccc(Cl)nc1-c1ncc(/C=C(\Cl)C(F)(F)C(F)(F)F)n1C. The first-order valence-corrected chi connectivity index (χ1v) is 9.86. The average Bonchev–Trinajstić information content (AvgIpc) is 2.94. The highest BCUT2D eigenvalue weighted by atomic mass is 35.5. The molecule has 0 saturated carbocycles. The summed E-state index contributed by atoms with van der Waals surface area (Å²) in [5, 5.41) is -1.83. The lowest BCUT2D eigenvalue weighted by Gasteiger charge is -2.18. The van der Waals surface area contributed by atoms with Crippen LogP contribution in [0.1, 0.15) is 12.6 Å². The Kier molecular flexibility index (Phi) is 6.13. The van der Waals surface area contributed by atoms with Crippen molar-refractivity contribution in [3.8, 4) is 11.5 Å². The summed E-state index contributed by atoms with van der Waals surface area (Å²) >= 11 is 11.0. The van der Waals surface area contributed by atoms with Gasteiger partial charge in [0.25, 0.3) is 0 Å². The van der Waals surface area contributed by atoms with E-state index in [0.29, 0.717) is 6.08 Å². The van der Waals surface area contributed by atoms with E-state index in [1.807, 2.05) is 0 Å². The minimum Gasteiger partial charge on any atom is -0.326 e. The van der Waals surface area contributed by atoms with Crippen molar-refractivity contribution in [3.63, 3.8) is 0 Å². The van der Waals surface area contributed by atoms with E-state index < -0.39 is 27.0 Å². The maximum absolute atomic E-state index is 13.3. The highest BCUT2D eigenvalue weighted by molar-refractivity contribution is 7.91. The largest absolute Gasteiger partial charge is 0.459 e. The van der Waals surface area contributed by atoms with E-state index >= 15 is 0 Å². The fourth-order valence-electron chi connectivity index (χ4n) is 2.12. The molecule has 0 spiro atoms. The molecule has 2 aromatic heterocycles. The lowest BCUT2D eigenvalue weighted by molar-refractivity contribution is -0.261. The smallest absolute Gasteiger partial charge is 0.326 e. The van der Waals surface area contributed by atoms with E-state index in [4.69, 9.17) is 23.2 Å². The first-order valence-electron chi connectivity index (χ1n) is 7.46. The normalized spacial score (nSPS) is 13.8. The van der Waals surface area contributed by atoms with Crippen molar-refractivity contribution in [2.75, 3.05) is 5.75 Å². The van der Waals surface area contributed by atoms with E-state index in [9.17, 15) is 30.4 Å². The van der Waals surface area contributed by atoms with Gasteiger partial charge >= 0.3 is 12.1 Å². The Bertz CT molecular complexity index is 1030. The van der Waals surface area contributed by atoms with Gasteiger partial charge in [0.05, 0.1) is 27.6 Å². The van der Waals surface area contributed by atoms with Crippen molar-refractivity contribution in [1.82, 2.24) is 14.5 Å². The van der Waals surface area contributed by atoms with Gasteiger partial charge in [-0.05, 0) is 18.2 Å². The number of rotatable bonds is 5. The second-order valence-electron chi connectivity index (χ2n) is 5.51. The Morgan fingerprint density at radius 2 is 1.86 bits per heavy atom. The molecule has 0 radical (unpaired) electrons. The molecule has 0 amide bonds. The van der Waals surface area contributed by atoms with Crippen LogP contribution in [0.15, 0.2) is 28.3 Å². The van der Waals surface area contributed by atoms with Gasteiger partial charge < -0.3 is 4.57 Å². The van der Waals surface area contributed by atoms with Crippen molar-refractivity contribution in [2.24, 2.45) is 7.05 Å². The molecule has 0 N–H and O–H groups in total. The van der Waals surface area contributed by atoms with Gasteiger partial charge in [-0.15, -0.1) is 0 Å². The third kappa shape index (κ3) is 4.15. The summed E-state index contributed by atoms with van der Waals surface area (Å²) in [5.41, 5.74) is -0.402. The number of allylic oxidation sites excluding steroid dienone is 1. The molecular formula is C15H12Cl2F5N3O2S. The van der Waals surface area contributed by atoms with Crippen molar-refractivity contribution >= 4 is 39.1 Å². The first kappa shape index (κ1) is 22.6. The average molecular weight is 464 g/mol. The van der Waals surface area contributed by atoms with Crippen molar-refractivity contribution in [3.05, 3.63) is 34.2 Å². The number of nitrogens with zero attached hydrogens (tertiary/aromatic N) is 3. The monoisotopic (exact) mass is 463 g/mol. The predicted molar refractivity (Wildman–Crippen MR) is 94.0 cm³/mol. The third-order valence-electron chi connectivity index (χ3n) is 3.71. The molecule has 2 rings (SSSR count). The Balaban J connectivity index is 2.62. The van der Waals surface area contributed by atoms with Crippen LogP contribution in [0.4, 0.5) is 22.0 Å². The molecule has 2 aromatic rings. The van der Waals surface area contributed by atoms with Crippen molar-refractivity contribution in [1.29, 1.82) is 0 Å². The van der Waals surface area contributed by atoms with Gasteiger partial charge in [-0.3, -0.25) is 0 Å². The minimum absolute atomic E-state index is 0.0632. The van der Waals surface area contributed by atoms with Gasteiger partial charge in [-0.25, -0.2) is 18.4 Å². The Morgan fingerprint density at radius 3 is 2.39 bits per heavy atom. The minimum atomic E-state index is -5.88. The molecule has 0 bridgehead atoms. The molecule has 5 nitrogen and oxygen atoms in total. The lowest BCUT2D eigenvalue weighted by atomic mass is 10.2.